The van der Waals surface area contributed by atoms with E-state index in [1.165, 1.54) is 0 Å². The third kappa shape index (κ3) is 1.66. The summed E-state index contributed by atoms with van der Waals surface area (Å²) in [6, 6.07) is 7.83. The van der Waals surface area contributed by atoms with Gasteiger partial charge in [-0.1, -0.05) is 0 Å². The maximum Gasteiger partial charge on any atom is 0.300 e. The van der Waals surface area contributed by atoms with Crippen LogP contribution < -0.4 is 11.1 Å². The Balaban J connectivity index is 1.71. The Kier molecular flexibility index (Phi) is 2.53. The molecule has 0 aliphatic carbocycles. The van der Waals surface area contributed by atoms with Gasteiger partial charge in [0, 0.05) is 31.3 Å². The number of pyridine rings is 2. The smallest absolute Gasteiger partial charge is 0.300 e. The van der Waals surface area contributed by atoms with Crippen molar-refractivity contribution in [2.45, 2.75) is 13.8 Å². The van der Waals surface area contributed by atoms with E-state index in [1.54, 1.807) is 31.5 Å². The highest BCUT2D eigenvalue weighted by Crippen LogP contribution is 2.39. The van der Waals surface area contributed by atoms with Crippen LogP contribution in [0, 0.1) is 13.8 Å². The van der Waals surface area contributed by atoms with Crippen molar-refractivity contribution >= 4 is 87.4 Å². The maximum absolute atomic E-state index is 13.5. The Morgan fingerprint density at radius 3 is 1.68 bits per heavy atom. The largest absolute Gasteiger partial charge is 0.444 e. The van der Waals surface area contributed by atoms with Crippen molar-refractivity contribution in [3.63, 3.8) is 0 Å². The normalized spacial score (nSPS) is 13.1. The third-order valence-corrected chi connectivity index (χ3v) is 7.96. The van der Waals surface area contributed by atoms with E-state index in [2.05, 4.69) is 0 Å². The summed E-state index contributed by atoms with van der Waals surface area (Å²) in [5.74, 6) is 0. The van der Waals surface area contributed by atoms with Gasteiger partial charge in [-0.15, -0.1) is 22.7 Å². The van der Waals surface area contributed by atoms with Gasteiger partial charge in [0.2, 0.25) is 11.2 Å². The van der Waals surface area contributed by atoms with Crippen molar-refractivity contribution in [3.05, 3.63) is 54.7 Å². The van der Waals surface area contributed by atoms with Gasteiger partial charge in [-0.25, -0.2) is 9.97 Å². The summed E-state index contributed by atoms with van der Waals surface area (Å²) >= 11 is 3.11. The quantitative estimate of drug-likeness (QED) is 0.319. The molecule has 0 fully saturated rings. The van der Waals surface area contributed by atoms with E-state index >= 15 is 0 Å². The molecule has 0 saturated heterocycles. The summed E-state index contributed by atoms with van der Waals surface area (Å²) in [6.45, 7) is 3.98. The number of aryl methyl sites for hydroxylation is 2. The second kappa shape index (κ2) is 4.84. The molecule has 8 rings (SSSR count). The molecule has 148 valence electrons. The Bertz CT molecular complexity index is 2020. The molecular weight excluding hydrogens is 432 g/mol. The molecule has 0 bridgehead atoms. The van der Waals surface area contributed by atoms with E-state index in [0.29, 0.717) is 22.1 Å². The van der Waals surface area contributed by atoms with Gasteiger partial charge in [0.05, 0.1) is 11.0 Å². The molecule has 7 aromatic heterocycles. The zero-order valence-electron chi connectivity index (χ0n) is 16.1. The fourth-order valence-electron chi connectivity index (χ4n) is 4.91. The number of thiophene rings is 2. The Hall–Kier alpha value is -3.56. The topological polar surface area (TPSA) is 81.9 Å². The van der Waals surface area contributed by atoms with Crippen molar-refractivity contribution in [3.8, 4) is 0 Å². The maximum atomic E-state index is 13.5. The zero-order chi connectivity index (χ0) is 20.8. The van der Waals surface area contributed by atoms with Gasteiger partial charge in [-0.3, -0.25) is 18.4 Å². The summed E-state index contributed by atoms with van der Waals surface area (Å²) in [5.41, 5.74) is 2.52. The summed E-state index contributed by atoms with van der Waals surface area (Å²) < 4.78 is 9.23. The van der Waals surface area contributed by atoms with Gasteiger partial charge in [-0.2, -0.15) is 0 Å². The summed E-state index contributed by atoms with van der Waals surface area (Å²) in [6.07, 6.45) is 0. The van der Waals surface area contributed by atoms with E-state index < -0.39 is 0 Å². The Morgan fingerprint density at radius 2 is 1.23 bits per heavy atom. The number of hydrogen-bond acceptors (Lipinski definition) is 7. The highest BCUT2D eigenvalue weighted by Gasteiger charge is 2.26. The fraction of sp³-hybridized carbons (Fsp3) is 0.0909. The molecule has 0 spiro atoms. The van der Waals surface area contributed by atoms with Crippen molar-refractivity contribution < 1.29 is 4.42 Å². The van der Waals surface area contributed by atoms with Crippen LogP contribution in [0.1, 0.15) is 9.75 Å². The SMILES string of the molecule is Cc1cc2c(nc3c4ccc5c6c(oc(c(=O)n23)c46)c(=O)n2c3cc(C)sc3nc52)s1. The number of fused-ring (bicyclic) bond motifs is 8. The highest BCUT2D eigenvalue weighted by atomic mass is 32.1. The van der Waals surface area contributed by atoms with Crippen LogP contribution in [-0.2, 0) is 0 Å². The monoisotopic (exact) mass is 442 g/mol. The number of rotatable bonds is 0. The molecule has 7 nitrogen and oxygen atoms in total. The van der Waals surface area contributed by atoms with Gasteiger partial charge in [0.25, 0.3) is 0 Å². The number of nitrogens with zero attached hydrogens (tertiary/aromatic N) is 4. The molecule has 0 N–H and O–H groups in total. The van der Waals surface area contributed by atoms with E-state index in [0.717, 1.165) is 41.2 Å². The predicted octanol–water partition coefficient (Wildman–Crippen LogP) is 4.68. The van der Waals surface area contributed by atoms with Gasteiger partial charge >= 0.3 is 11.1 Å². The summed E-state index contributed by atoms with van der Waals surface area (Å²) in [4.78, 5) is 40.2. The minimum Gasteiger partial charge on any atom is -0.444 e. The van der Waals surface area contributed by atoms with Gasteiger partial charge in [-0.05, 0) is 38.1 Å². The lowest BCUT2D eigenvalue weighted by molar-refractivity contribution is 0.655. The summed E-state index contributed by atoms with van der Waals surface area (Å²) in [5, 5.41) is 2.91. The zero-order valence-corrected chi connectivity index (χ0v) is 17.8. The lowest BCUT2D eigenvalue weighted by Gasteiger charge is -2.03. The average molecular weight is 442 g/mol. The highest BCUT2D eigenvalue weighted by molar-refractivity contribution is 7.18. The van der Waals surface area contributed by atoms with Crippen LogP contribution in [0.2, 0.25) is 0 Å². The van der Waals surface area contributed by atoms with Crippen molar-refractivity contribution in [1.29, 1.82) is 0 Å². The number of hydrogen-bond donors (Lipinski definition) is 0. The lowest BCUT2D eigenvalue weighted by atomic mass is 10.0. The fourth-order valence-corrected chi connectivity index (χ4v) is 6.63. The molecule has 1 aromatic carbocycles. The van der Waals surface area contributed by atoms with Gasteiger partial charge in [0.15, 0.2) is 0 Å². The standard InChI is InChI=1S/C22H10N4O3S2/c1-7-5-11-19(30-7)23-17-9-3-4-10-14-13(9)15(21(27)25(11)17)29-16(14)22(28)26-12-6-8(2)31-20(12)24-18(10)26/h3-6H,1-2H3. The first-order chi connectivity index (χ1) is 15.0. The molecule has 0 aliphatic rings. The first-order valence-corrected chi connectivity index (χ1v) is 11.3. The number of aromatic nitrogens is 4. The second-order valence-corrected chi connectivity index (χ2v) is 10.4. The molecule has 8 aromatic rings. The lowest BCUT2D eigenvalue weighted by Crippen LogP contribution is -2.12. The minimum atomic E-state index is -0.292. The van der Waals surface area contributed by atoms with Crippen LogP contribution in [0.3, 0.4) is 0 Å². The molecule has 0 radical (unpaired) electrons. The molecule has 0 aliphatic heterocycles. The second-order valence-electron chi connectivity index (χ2n) is 7.92. The van der Waals surface area contributed by atoms with E-state index in [1.807, 2.05) is 38.1 Å². The molecule has 7 heterocycles. The van der Waals surface area contributed by atoms with Crippen LogP contribution in [0.4, 0.5) is 0 Å². The van der Waals surface area contributed by atoms with E-state index in [-0.39, 0.29) is 22.3 Å². The average Bonchev–Trinajstić information content (AvgIpc) is 3.49. The first-order valence-electron chi connectivity index (χ1n) is 9.68. The Labute approximate surface area is 179 Å². The molecule has 0 atom stereocenters. The number of benzene rings is 1. The molecule has 0 unspecified atom stereocenters. The van der Waals surface area contributed by atoms with E-state index in [4.69, 9.17) is 14.4 Å². The number of furan rings is 1. The van der Waals surface area contributed by atoms with Crippen LogP contribution in [-0.4, -0.2) is 18.8 Å². The molecule has 9 heteroatoms. The first kappa shape index (κ1) is 16.2. The molecule has 31 heavy (non-hydrogen) atoms. The molecular formula is C22H10N4O3S2. The summed E-state index contributed by atoms with van der Waals surface area (Å²) in [7, 11) is 0. The molecule has 0 amide bonds. The van der Waals surface area contributed by atoms with Crippen LogP contribution in [0.25, 0.3) is 64.7 Å². The van der Waals surface area contributed by atoms with Gasteiger partial charge < -0.3 is 4.42 Å². The number of imidazole rings is 2. The van der Waals surface area contributed by atoms with E-state index in [9.17, 15) is 9.59 Å². The molecule has 0 saturated carbocycles. The van der Waals surface area contributed by atoms with Gasteiger partial charge in [0.1, 0.15) is 21.0 Å². The van der Waals surface area contributed by atoms with Crippen molar-refractivity contribution in [1.82, 2.24) is 18.8 Å². The predicted molar refractivity (Wildman–Crippen MR) is 124 cm³/mol. The van der Waals surface area contributed by atoms with Crippen LogP contribution >= 0.6 is 22.7 Å². The third-order valence-electron chi connectivity index (χ3n) is 6.09. The van der Waals surface area contributed by atoms with Crippen LogP contribution in [0.5, 0.6) is 0 Å². The Morgan fingerprint density at radius 1 is 0.774 bits per heavy atom. The van der Waals surface area contributed by atoms with Crippen molar-refractivity contribution in [2.24, 2.45) is 0 Å². The van der Waals surface area contributed by atoms with Crippen LogP contribution in [0.15, 0.2) is 38.3 Å². The minimum absolute atomic E-state index is 0.189. The van der Waals surface area contributed by atoms with Crippen molar-refractivity contribution in [2.75, 3.05) is 0 Å².